The van der Waals surface area contributed by atoms with Gasteiger partial charge in [-0.1, -0.05) is 57.4 Å². The van der Waals surface area contributed by atoms with Gasteiger partial charge >= 0.3 is 0 Å². The van der Waals surface area contributed by atoms with Crippen molar-refractivity contribution in [1.82, 2.24) is 0 Å². The smallest absolute Gasteiger partial charge is 0.163 e. The van der Waals surface area contributed by atoms with Gasteiger partial charge in [-0.3, -0.25) is 4.79 Å². The molecule has 2 aromatic rings. The Labute approximate surface area is 166 Å². The molecule has 0 heterocycles. The first-order valence-electron chi connectivity index (χ1n) is 10.0. The number of ketones is 1. The summed E-state index contributed by atoms with van der Waals surface area (Å²) in [6, 6.07) is 14.2. The number of carbonyl (C=O) groups is 1. The molecule has 3 nitrogen and oxygen atoms in total. The second kappa shape index (κ2) is 8.68. The molecule has 0 bridgehead atoms. The van der Waals surface area contributed by atoms with E-state index < -0.39 is 0 Å². The van der Waals surface area contributed by atoms with E-state index in [0.29, 0.717) is 23.6 Å². The van der Waals surface area contributed by atoms with Crippen molar-refractivity contribution in [3.05, 3.63) is 57.5 Å². The summed E-state index contributed by atoms with van der Waals surface area (Å²) in [5.74, 6) is 0.0399. The van der Waals surface area contributed by atoms with E-state index in [1.54, 1.807) is 0 Å². The molecule has 3 rings (SSSR count). The fraction of sp³-hybridized carbons (Fsp3) is 0.320. The molecule has 0 aromatic heterocycles. The molecule has 0 saturated heterocycles. The number of hydrogen-bond acceptors (Lipinski definition) is 3. The Balaban J connectivity index is 2.28. The Kier molecular flexibility index (Phi) is 6.07. The van der Waals surface area contributed by atoms with Gasteiger partial charge in [0.2, 0.25) is 0 Å². The van der Waals surface area contributed by atoms with Crippen molar-refractivity contribution in [1.29, 1.82) is 10.5 Å². The minimum Gasteiger partial charge on any atom is -0.294 e. The van der Waals surface area contributed by atoms with Crippen LogP contribution >= 0.6 is 0 Å². The number of nitrogens with zero attached hydrogens (tertiary/aromatic N) is 2. The summed E-state index contributed by atoms with van der Waals surface area (Å²) in [7, 11) is 0. The van der Waals surface area contributed by atoms with Gasteiger partial charge in [-0.2, -0.15) is 10.5 Å². The lowest BCUT2D eigenvalue weighted by Crippen LogP contribution is -2.35. The Hall–Kier alpha value is -3.17. The van der Waals surface area contributed by atoms with Crippen molar-refractivity contribution in [3.63, 3.8) is 0 Å². The lowest BCUT2D eigenvalue weighted by atomic mass is 9.90. The predicted octanol–water partition coefficient (Wildman–Crippen LogP) is 4.41. The molecule has 0 aliphatic heterocycles. The minimum absolute atomic E-state index is 0.0208. The molecule has 0 radical (unpaired) electrons. The molecular formula is C25H24N2O. The molecule has 1 aliphatic carbocycles. The maximum Gasteiger partial charge on any atom is 0.163 e. The molecule has 0 fully saturated rings. The second-order valence-electron chi connectivity index (χ2n) is 7.16. The molecular weight excluding hydrogens is 344 g/mol. The van der Waals surface area contributed by atoms with Crippen LogP contribution in [0.3, 0.4) is 0 Å². The van der Waals surface area contributed by atoms with Gasteiger partial charge in [0.15, 0.2) is 5.78 Å². The highest BCUT2D eigenvalue weighted by molar-refractivity contribution is 6.01. The molecule has 0 N–H and O–H groups in total. The monoisotopic (exact) mass is 368 g/mol. The normalized spacial score (nSPS) is 11.0. The third kappa shape index (κ3) is 3.49. The number of aryl methyl sites for hydroxylation is 1. The number of Topliss-reactive ketones (excluding diaryl/α,β-unsaturated/α-hetero) is 1. The van der Waals surface area contributed by atoms with Crippen LogP contribution in [-0.4, -0.2) is 5.78 Å². The van der Waals surface area contributed by atoms with Gasteiger partial charge in [-0.25, -0.2) is 0 Å². The highest BCUT2D eigenvalue weighted by Crippen LogP contribution is 2.27. The summed E-state index contributed by atoms with van der Waals surface area (Å²) in [5, 5.41) is 20.6. The van der Waals surface area contributed by atoms with E-state index in [1.165, 1.54) is 0 Å². The molecule has 140 valence electrons. The molecule has 0 spiro atoms. The first-order valence-corrected chi connectivity index (χ1v) is 10.0. The van der Waals surface area contributed by atoms with Crippen LogP contribution in [0.1, 0.15) is 67.4 Å². The molecule has 3 heteroatoms. The highest BCUT2D eigenvalue weighted by Gasteiger charge is 2.22. The fourth-order valence-electron chi connectivity index (χ4n) is 3.98. The van der Waals surface area contributed by atoms with E-state index in [0.717, 1.165) is 53.2 Å². The third-order valence-corrected chi connectivity index (χ3v) is 5.39. The quantitative estimate of drug-likeness (QED) is 0.458. The Morgan fingerprint density at radius 1 is 1.00 bits per heavy atom. The fourth-order valence-corrected chi connectivity index (χ4v) is 3.98. The van der Waals surface area contributed by atoms with Crippen LogP contribution in [0.2, 0.25) is 0 Å². The van der Waals surface area contributed by atoms with E-state index in [1.807, 2.05) is 49.4 Å². The summed E-state index contributed by atoms with van der Waals surface area (Å²) in [4.78, 5) is 13.2. The summed E-state index contributed by atoms with van der Waals surface area (Å²) in [6.07, 6.45) is 7.23. The van der Waals surface area contributed by atoms with Crippen molar-refractivity contribution >= 4 is 17.4 Å². The average Bonchev–Trinajstić information content (AvgIpc) is 3.09. The van der Waals surface area contributed by atoms with Crippen LogP contribution in [0.15, 0.2) is 30.3 Å². The van der Waals surface area contributed by atoms with Gasteiger partial charge in [0.25, 0.3) is 0 Å². The van der Waals surface area contributed by atoms with Gasteiger partial charge < -0.3 is 0 Å². The second-order valence-corrected chi connectivity index (χ2v) is 7.16. The molecule has 0 saturated carbocycles. The number of rotatable bonds is 7. The van der Waals surface area contributed by atoms with Gasteiger partial charge in [0.05, 0.1) is 0 Å². The van der Waals surface area contributed by atoms with E-state index in [2.05, 4.69) is 13.0 Å². The zero-order chi connectivity index (χ0) is 20.1. The molecule has 0 atom stereocenters. The van der Waals surface area contributed by atoms with E-state index in [9.17, 15) is 15.3 Å². The Bertz CT molecular complexity index is 1110. The number of nitriles is 2. The lowest BCUT2D eigenvalue weighted by Gasteiger charge is -2.12. The van der Waals surface area contributed by atoms with Crippen LogP contribution in [0.5, 0.6) is 0 Å². The number of fused-ring (bicyclic) bond motifs is 3. The first-order chi connectivity index (χ1) is 13.7. The van der Waals surface area contributed by atoms with Crippen molar-refractivity contribution < 1.29 is 4.79 Å². The van der Waals surface area contributed by atoms with E-state index in [-0.39, 0.29) is 11.4 Å². The zero-order valence-corrected chi connectivity index (χ0v) is 16.5. The molecule has 28 heavy (non-hydrogen) atoms. The van der Waals surface area contributed by atoms with Gasteiger partial charge in [0.1, 0.15) is 17.7 Å². The topological polar surface area (TPSA) is 64.7 Å². The molecule has 2 aromatic carbocycles. The Morgan fingerprint density at radius 3 is 2.43 bits per heavy atom. The van der Waals surface area contributed by atoms with Gasteiger partial charge in [-0.15, -0.1) is 0 Å². The van der Waals surface area contributed by atoms with Crippen LogP contribution in [-0.2, 0) is 6.42 Å². The standard InChI is InChI=1S/C25H24N2O/c1-3-5-6-7-12-23(28)25-17(4-2)13-21-20-11-9-8-10-18(20)14-22(21)24(25)19(15-26)16-27/h8-11,13-14H,3-7,12H2,1-2H3. The number of benzene rings is 2. The lowest BCUT2D eigenvalue weighted by molar-refractivity contribution is 0.0977. The zero-order valence-electron chi connectivity index (χ0n) is 16.5. The van der Waals surface area contributed by atoms with E-state index >= 15 is 0 Å². The highest BCUT2D eigenvalue weighted by atomic mass is 16.1. The summed E-state index contributed by atoms with van der Waals surface area (Å²) in [6.45, 7) is 4.16. The van der Waals surface area contributed by atoms with Crippen LogP contribution in [0.25, 0.3) is 22.8 Å². The predicted molar refractivity (Wildman–Crippen MR) is 112 cm³/mol. The number of carbonyl (C=O) groups excluding carboxylic acids is 1. The van der Waals surface area contributed by atoms with Gasteiger partial charge in [0, 0.05) is 17.2 Å². The van der Waals surface area contributed by atoms with Crippen LogP contribution in [0, 0.1) is 22.7 Å². The summed E-state index contributed by atoms with van der Waals surface area (Å²) in [5.41, 5.74) is 4.66. The van der Waals surface area contributed by atoms with Crippen LogP contribution in [0.4, 0.5) is 0 Å². The number of hydrogen-bond donors (Lipinski definition) is 0. The minimum atomic E-state index is 0.0208. The molecule has 0 unspecified atom stereocenters. The summed E-state index contributed by atoms with van der Waals surface area (Å²) < 4.78 is 0. The van der Waals surface area contributed by atoms with Crippen molar-refractivity contribution in [2.24, 2.45) is 0 Å². The maximum absolute atomic E-state index is 13.2. The van der Waals surface area contributed by atoms with Gasteiger partial charge in [-0.05, 0) is 52.5 Å². The molecule has 1 aliphatic rings. The Morgan fingerprint density at radius 2 is 1.75 bits per heavy atom. The first kappa shape index (κ1) is 19.6. The maximum atomic E-state index is 13.2. The SMILES string of the molecule is CCCCCCC(=O)c1c(CC)cc2c(c1=C(C#N)C#N)=Cc1ccccc1-2. The largest absolute Gasteiger partial charge is 0.294 e. The third-order valence-electron chi connectivity index (χ3n) is 5.39. The van der Waals surface area contributed by atoms with Crippen molar-refractivity contribution in [3.8, 4) is 23.3 Å². The van der Waals surface area contributed by atoms with Crippen molar-refractivity contribution in [2.45, 2.75) is 52.4 Å². The van der Waals surface area contributed by atoms with Crippen molar-refractivity contribution in [2.75, 3.05) is 0 Å². The number of unbranched alkanes of at least 4 members (excludes halogenated alkanes) is 3. The van der Waals surface area contributed by atoms with E-state index in [4.69, 9.17) is 0 Å². The molecule has 0 amide bonds. The summed E-state index contributed by atoms with van der Waals surface area (Å²) >= 11 is 0. The van der Waals surface area contributed by atoms with Crippen LogP contribution < -0.4 is 10.4 Å². The average molecular weight is 368 g/mol.